The molecule has 1 aromatic carbocycles. The van der Waals surface area contributed by atoms with Crippen molar-refractivity contribution in [2.75, 3.05) is 4.72 Å². The van der Waals surface area contributed by atoms with Gasteiger partial charge in [0.25, 0.3) is 10.0 Å². The van der Waals surface area contributed by atoms with Gasteiger partial charge in [0.15, 0.2) is 0 Å². The van der Waals surface area contributed by atoms with E-state index in [0.29, 0.717) is 16.3 Å². The second kappa shape index (κ2) is 6.05. The van der Waals surface area contributed by atoms with E-state index in [1.165, 1.54) is 24.4 Å². The Bertz CT molecular complexity index is 741. The summed E-state index contributed by atoms with van der Waals surface area (Å²) in [7, 11) is -3.75. The first kappa shape index (κ1) is 15.8. The lowest BCUT2D eigenvalue weighted by atomic mass is 10.2. The molecule has 0 unspecified atom stereocenters. The summed E-state index contributed by atoms with van der Waals surface area (Å²) in [5.74, 6) is 0. The van der Waals surface area contributed by atoms with Gasteiger partial charge >= 0.3 is 0 Å². The van der Waals surface area contributed by atoms with Gasteiger partial charge in [-0.15, -0.1) is 0 Å². The van der Waals surface area contributed by atoms with Gasteiger partial charge in [-0.05, 0) is 37.6 Å². The average Bonchev–Trinajstić information content (AvgIpc) is 2.87. The van der Waals surface area contributed by atoms with Crippen molar-refractivity contribution in [3.63, 3.8) is 0 Å². The quantitative estimate of drug-likeness (QED) is 0.882. The van der Waals surface area contributed by atoms with Gasteiger partial charge in [0.05, 0.1) is 23.4 Å². The summed E-state index contributed by atoms with van der Waals surface area (Å²) in [6.07, 6.45) is 3.06. The Hall–Kier alpha value is -1.57. The van der Waals surface area contributed by atoms with E-state index in [4.69, 9.17) is 16.7 Å². The number of nitrogens with one attached hydrogen (secondary N) is 1. The van der Waals surface area contributed by atoms with E-state index in [0.717, 1.165) is 0 Å². The fourth-order valence-electron chi connectivity index (χ4n) is 1.73. The third kappa shape index (κ3) is 3.55. The van der Waals surface area contributed by atoms with E-state index in [1.807, 2.05) is 13.8 Å². The first-order valence-corrected chi connectivity index (χ1v) is 8.16. The number of aliphatic hydroxyl groups excluding tert-OH is 1. The summed E-state index contributed by atoms with van der Waals surface area (Å²) < 4.78 is 28.7. The van der Waals surface area contributed by atoms with Crippen LogP contribution in [0.15, 0.2) is 35.5 Å². The van der Waals surface area contributed by atoms with E-state index >= 15 is 0 Å². The topological polar surface area (TPSA) is 84.2 Å². The second-order valence-electron chi connectivity index (χ2n) is 4.82. The molecule has 8 heteroatoms. The summed E-state index contributed by atoms with van der Waals surface area (Å²) in [6, 6.07) is 4.31. The number of benzene rings is 1. The van der Waals surface area contributed by atoms with Crippen LogP contribution in [0.25, 0.3) is 0 Å². The van der Waals surface area contributed by atoms with Crippen LogP contribution in [0, 0.1) is 0 Å². The van der Waals surface area contributed by atoms with Crippen LogP contribution in [0.1, 0.15) is 25.5 Å². The largest absolute Gasteiger partial charge is 0.392 e. The monoisotopic (exact) mass is 329 g/mol. The van der Waals surface area contributed by atoms with Gasteiger partial charge in [-0.2, -0.15) is 5.10 Å². The third-order valence-electron chi connectivity index (χ3n) is 2.88. The fourth-order valence-corrected chi connectivity index (χ4v) is 2.98. The zero-order valence-corrected chi connectivity index (χ0v) is 13.2. The molecule has 6 nitrogen and oxygen atoms in total. The van der Waals surface area contributed by atoms with Crippen molar-refractivity contribution in [3.8, 4) is 0 Å². The summed E-state index contributed by atoms with van der Waals surface area (Å²) in [6.45, 7) is 3.56. The Kier molecular flexibility index (Phi) is 4.55. The smallest absolute Gasteiger partial charge is 0.262 e. The van der Waals surface area contributed by atoms with Crippen LogP contribution in [0.2, 0.25) is 5.02 Å². The lowest BCUT2D eigenvalue weighted by molar-refractivity contribution is 0.281. The maximum atomic E-state index is 12.3. The molecule has 0 aliphatic rings. The molecule has 114 valence electrons. The number of sulfonamides is 1. The van der Waals surface area contributed by atoms with Crippen molar-refractivity contribution in [1.29, 1.82) is 0 Å². The Balaban J connectivity index is 2.29. The van der Waals surface area contributed by atoms with Crippen molar-refractivity contribution in [1.82, 2.24) is 9.78 Å². The molecule has 0 atom stereocenters. The first-order valence-electron chi connectivity index (χ1n) is 6.30. The van der Waals surface area contributed by atoms with E-state index in [-0.39, 0.29) is 17.5 Å². The molecule has 0 saturated heterocycles. The summed E-state index contributed by atoms with van der Waals surface area (Å²) in [5.41, 5.74) is 0.738. The molecule has 0 fully saturated rings. The highest BCUT2D eigenvalue weighted by molar-refractivity contribution is 7.92. The minimum atomic E-state index is -3.75. The number of hydrogen-bond acceptors (Lipinski definition) is 4. The van der Waals surface area contributed by atoms with Gasteiger partial charge < -0.3 is 5.11 Å². The van der Waals surface area contributed by atoms with Crippen LogP contribution < -0.4 is 4.72 Å². The molecule has 21 heavy (non-hydrogen) atoms. The normalized spacial score (nSPS) is 11.9. The summed E-state index contributed by atoms with van der Waals surface area (Å²) in [4.78, 5) is 0.0354. The summed E-state index contributed by atoms with van der Waals surface area (Å²) >= 11 is 5.86. The Morgan fingerprint density at radius 3 is 2.71 bits per heavy atom. The SMILES string of the molecule is CC(C)n1cc(NS(=O)(=O)c2ccc(Cl)c(CO)c2)cn1. The van der Waals surface area contributed by atoms with Crippen LogP contribution in [0.4, 0.5) is 5.69 Å². The molecule has 0 saturated carbocycles. The molecule has 0 aliphatic carbocycles. The highest BCUT2D eigenvalue weighted by atomic mass is 35.5. The molecular weight excluding hydrogens is 314 g/mol. The van der Waals surface area contributed by atoms with Crippen molar-refractivity contribution in [3.05, 3.63) is 41.2 Å². The van der Waals surface area contributed by atoms with Gasteiger partial charge in [-0.3, -0.25) is 9.40 Å². The number of halogens is 1. The van der Waals surface area contributed by atoms with E-state index < -0.39 is 10.0 Å². The molecule has 0 aliphatic heterocycles. The molecule has 0 bridgehead atoms. The maximum absolute atomic E-state index is 12.3. The average molecular weight is 330 g/mol. The number of rotatable bonds is 5. The lowest BCUT2D eigenvalue weighted by Crippen LogP contribution is -2.13. The molecule has 1 heterocycles. The van der Waals surface area contributed by atoms with Crippen molar-refractivity contribution < 1.29 is 13.5 Å². The number of anilines is 1. The van der Waals surface area contributed by atoms with Gasteiger partial charge in [0.2, 0.25) is 0 Å². The van der Waals surface area contributed by atoms with Gasteiger partial charge in [0.1, 0.15) is 0 Å². The minimum Gasteiger partial charge on any atom is -0.392 e. The number of aliphatic hydroxyl groups is 1. The number of aromatic nitrogens is 2. The number of nitrogens with zero attached hydrogens (tertiary/aromatic N) is 2. The zero-order valence-electron chi connectivity index (χ0n) is 11.6. The van der Waals surface area contributed by atoms with E-state index in [9.17, 15) is 8.42 Å². The zero-order chi connectivity index (χ0) is 15.6. The van der Waals surface area contributed by atoms with Crippen LogP contribution in [-0.4, -0.2) is 23.3 Å². The minimum absolute atomic E-state index is 0.0354. The second-order valence-corrected chi connectivity index (χ2v) is 6.91. The Morgan fingerprint density at radius 2 is 2.14 bits per heavy atom. The van der Waals surface area contributed by atoms with Crippen LogP contribution in [0.5, 0.6) is 0 Å². The highest BCUT2D eigenvalue weighted by Gasteiger charge is 2.17. The van der Waals surface area contributed by atoms with Gasteiger partial charge in [0, 0.05) is 17.3 Å². The predicted octanol–water partition coefficient (Wildman–Crippen LogP) is 2.41. The predicted molar refractivity (Wildman–Crippen MR) is 80.8 cm³/mol. The molecule has 2 N–H and O–H groups in total. The molecular formula is C13H16ClN3O3S. The molecule has 0 amide bonds. The highest BCUT2D eigenvalue weighted by Crippen LogP contribution is 2.22. The molecule has 1 aromatic heterocycles. The Labute approximate surface area is 128 Å². The molecule has 2 aromatic rings. The van der Waals surface area contributed by atoms with Crippen molar-refractivity contribution in [2.24, 2.45) is 0 Å². The van der Waals surface area contributed by atoms with E-state index in [1.54, 1.807) is 10.9 Å². The summed E-state index contributed by atoms with van der Waals surface area (Å²) in [5, 5.41) is 13.5. The Morgan fingerprint density at radius 1 is 1.43 bits per heavy atom. The molecule has 2 rings (SSSR count). The maximum Gasteiger partial charge on any atom is 0.262 e. The van der Waals surface area contributed by atoms with Crippen LogP contribution in [-0.2, 0) is 16.6 Å². The lowest BCUT2D eigenvalue weighted by Gasteiger charge is -2.08. The molecule has 0 spiro atoms. The fraction of sp³-hybridized carbons (Fsp3) is 0.308. The third-order valence-corrected chi connectivity index (χ3v) is 4.63. The van der Waals surface area contributed by atoms with Crippen molar-refractivity contribution >= 4 is 27.3 Å². The van der Waals surface area contributed by atoms with E-state index in [2.05, 4.69) is 9.82 Å². The van der Waals surface area contributed by atoms with Crippen molar-refractivity contribution in [2.45, 2.75) is 31.4 Å². The molecule has 0 radical (unpaired) electrons. The van der Waals surface area contributed by atoms with Crippen LogP contribution in [0.3, 0.4) is 0 Å². The standard InChI is InChI=1S/C13H16ClN3O3S/c1-9(2)17-7-11(6-15-17)16-21(19,20)12-3-4-13(14)10(5-12)8-18/h3-7,9,16,18H,8H2,1-2H3. The first-order chi connectivity index (χ1) is 9.83. The number of hydrogen-bond donors (Lipinski definition) is 2. The van der Waals surface area contributed by atoms with Gasteiger partial charge in [-0.1, -0.05) is 11.6 Å². The van der Waals surface area contributed by atoms with Crippen LogP contribution >= 0.6 is 11.6 Å². The van der Waals surface area contributed by atoms with Gasteiger partial charge in [-0.25, -0.2) is 8.42 Å².